The number of carbonyl (C=O) groups is 1. The quantitative estimate of drug-likeness (QED) is 0.101. The lowest BCUT2D eigenvalue weighted by atomic mass is 9.78. The van der Waals surface area contributed by atoms with Crippen LogP contribution in [-0.2, 0) is 23.7 Å². The van der Waals surface area contributed by atoms with Gasteiger partial charge in [-0.2, -0.15) is 0 Å². The fourth-order valence-electron chi connectivity index (χ4n) is 3.67. The highest BCUT2D eigenvalue weighted by Gasteiger charge is 2.29. The van der Waals surface area contributed by atoms with Gasteiger partial charge in [0.15, 0.2) is 0 Å². The van der Waals surface area contributed by atoms with Crippen molar-refractivity contribution in [3.8, 4) is 0 Å². The van der Waals surface area contributed by atoms with E-state index in [0.29, 0.717) is 39.6 Å². The van der Waals surface area contributed by atoms with Crippen molar-refractivity contribution in [3.63, 3.8) is 0 Å². The van der Waals surface area contributed by atoms with Crippen molar-refractivity contribution in [3.05, 3.63) is 0 Å². The monoisotopic (exact) mass is 458 g/mol. The van der Waals surface area contributed by atoms with E-state index >= 15 is 0 Å². The first kappa shape index (κ1) is 31.5. The summed E-state index contributed by atoms with van der Waals surface area (Å²) in [4.78, 5) is 12.1. The summed E-state index contributed by atoms with van der Waals surface area (Å²) in [6, 6.07) is 0. The van der Waals surface area contributed by atoms with E-state index in [-0.39, 0.29) is 5.41 Å². The van der Waals surface area contributed by atoms with Crippen LogP contribution in [0.5, 0.6) is 0 Å². The van der Waals surface area contributed by atoms with Crippen LogP contribution in [0.3, 0.4) is 0 Å². The van der Waals surface area contributed by atoms with Crippen molar-refractivity contribution >= 4 is 6.29 Å². The molecule has 0 aliphatic heterocycles. The minimum Gasteiger partial charge on any atom is -0.379 e. The highest BCUT2D eigenvalue weighted by Crippen LogP contribution is 2.31. The van der Waals surface area contributed by atoms with Crippen LogP contribution in [0.4, 0.5) is 0 Å². The Hall–Kier alpha value is -0.490. The molecule has 0 aromatic carbocycles. The molecule has 32 heavy (non-hydrogen) atoms. The Morgan fingerprint density at radius 2 is 0.875 bits per heavy atom. The second-order valence-corrected chi connectivity index (χ2v) is 9.01. The second-order valence-electron chi connectivity index (χ2n) is 9.01. The van der Waals surface area contributed by atoms with Crippen LogP contribution in [0.2, 0.25) is 0 Å². The molecule has 0 aromatic rings. The average Bonchev–Trinajstić information content (AvgIpc) is 2.81. The highest BCUT2D eigenvalue weighted by molar-refractivity contribution is 5.59. The summed E-state index contributed by atoms with van der Waals surface area (Å²) in [5, 5.41) is 0. The zero-order valence-electron chi connectivity index (χ0n) is 21.7. The molecular formula is C27H54O5. The summed E-state index contributed by atoms with van der Waals surface area (Å²) in [7, 11) is 0. The molecule has 0 radical (unpaired) electrons. The van der Waals surface area contributed by atoms with Crippen molar-refractivity contribution in [2.45, 2.75) is 111 Å². The molecular weight excluding hydrogens is 404 g/mol. The lowest BCUT2D eigenvalue weighted by Crippen LogP contribution is -2.27. The molecule has 0 atom stereocenters. The molecule has 0 N–H and O–H groups in total. The molecule has 0 aliphatic rings. The Balaban J connectivity index is 4.24. The standard InChI is InChI=1S/C27H54O5/c1-4-7-10-11-12-13-14-15-27(26-28,16-20-31-24-22-29-18-8-5-2)17-21-32-25-23-30-19-9-6-3/h26H,4-25H2,1-3H3. The van der Waals surface area contributed by atoms with E-state index in [0.717, 1.165) is 64.6 Å². The molecule has 0 fully saturated rings. The van der Waals surface area contributed by atoms with Gasteiger partial charge < -0.3 is 23.7 Å². The molecule has 5 heteroatoms. The number of aldehydes is 1. The van der Waals surface area contributed by atoms with E-state index in [1.807, 2.05) is 0 Å². The zero-order chi connectivity index (χ0) is 23.6. The van der Waals surface area contributed by atoms with Crippen LogP contribution in [0.1, 0.15) is 111 Å². The van der Waals surface area contributed by atoms with Crippen molar-refractivity contribution in [2.75, 3.05) is 52.9 Å². The Bertz CT molecular complexity index is 355. The maximum absolute atomic E-state index is 12.1. The minimum absolute atomic E-state index is 0.338. The van der Waals surface area contributed by atoms with Gasteiger partial charge in [-0.1, -0.05) is 78.6 Å². The maximum atomic E-state index is 12.1. The minimum atomic E-state index is -0.338. The van der Waals surface area contributed by atoms with Gasteiger partial charge in [-0.05, 0) is 32.1 Å². The molecule has 0 unspecified atom stereocenters. The summed E-state index contributed by atoms with van der Waals surface area (Å²) in [6.45, 7) is 11.8. The predicted molar refractivity (Wildman–Crippen MR) is 133 cm³/mol. The number of rotatable bonds is 27. The normalized spacial score (nSPS) is 11.8. The fourth-order valence-corrected chi connectivity index (χ4v) is 3.67. The molecule has 0 aliphatic carbocycles. The first-order valence-electron chi connectivity index (χ1n) is 13.5. The third-order valence-corrected chi connectivity index (χ3v) is 6.05. The first-order valence-corrected chi connectivity index (χ1v) is 13.5. The van der Waals surface area contributed by atoms with Crippen molar-refractivity contribution < 1.29 is 23.7 Å². The predicted octanol–water partition coefficient (Wildman–Crippen LogP) is 6.76. The molecule has 0 saturated carbocycles. The van der Waals surface area contributed by atoms with Gasteiger partial charge in [0, 0.05) is 31.8 Å². The van der Waals surface area contributed by atoms with E-state index in [9.17, 15) is 4.79 Å². The third kappa shape index (κ3) is 20.1. The van der Waals surface area contributed by atoms with E-state index in [1.54, 1.807) is 0 Å². The summed E-state index contributed by atoms with van der Waals surface area (Å²) in [5.41, 5.74) is -0.338. The van der Waals surface area contributed by atoms with Crippen molar-refractivity contribution in [1.29, 1.82) is 0 Å². The summed E-state index contributed by atoms with van der Waals surface area (Å²) < 4.78 is 22.7. The topological polar surface area (TPSA) is 54.0 Å². The van der Waals surface area contributed by atoms with Crippen molar-refractivity contribution in [2.24, 2.45) is 5.41 Å². The van der Waals surface area contributed by atoms with Crippen LogP contribution in [0, 0.1) is 5.41 Å². The number of carbonyl (C=O) groups excluding carboxylic acids is 1. The van der Waals surface area contributed by atoms with Gasteiger partial charge in [0.25, 0.3) is 0 Å². The first-order chi connectivity index (χ1) is 15.7. The maximum Gasteiger partial charge on any atom is 0.126 e. The van der Waals surface area contributed by atoms with Crippen LogP contribution in [0.25, 0.3) is 0 Å². The number of hydrogen-bond acceptors (Lipinski definition) is 5. The Kier molecular flexibility index (Phi) is 24.8. The lowest BCUT2D eigenvalue weighted by molar-refractivity contribution is -0.119. The van der Waals surface area contributed by atoms with Gasteiger partial charge in [0.05, 0.1) is 26.4 Å². The van der Waals surface area contributed by atoms with Crippen LogP contribution in [0.15, 0.2) is 0 Å². The van der Waals surface area contributed by atoms with E-state index < -0.39 is 0 Å². The third-order valence-electron chi connectivity index (χ3n) is 6.05. The smallest absolute Gasteiger partial charge is 0.126 e. The summed E-state index contributed by atoms with van der Waals surface area (Å²) >= 11 is 0. The summed E-state index contributed by atoms with van der Waals surface area (Å²) in [6.07, 6.45) is 16.9. The molecule has 0 heterocycles. The molecule has 0 aromatic heterocycles. The van der Waals surface area contributed by atoms with E-state index in [2.05, 4.69) is 20.8 Å². The molecule has 0 spiro atoms. The molecule has 0 rings (SSSR count). The van der Waals surface area contributed by atoms with Gasteiger partial charge in [-0.15, -0.1) is 0 Å². The van der Waals surface area contributed by atoms with Gasteiger partial charge in [0.1, 0.15) is 6.29 Å². The van der Waals surface area contributed by atoms with Gasteiger partial charge in [-0.25, -0.2) is 0 Å². The van der Waals surface area contributed by atoms with Gasteiger partial charge in [-0.3, -0.25) is 0 Å². The van der Waals surface area contributed by atoms with Crippen LogP contribution in [-0.4, -0.2) is 59.1 Å². The summed E-state index contributed by atoms with van der Waals surface area (Å²) in [5.74, 6) is 0. The van der Waals surface area contributed by atoms with Crippen molar-refractivity contribution in [1.82, 2.24) is 0 Å². The Morgan fingerprint density at radius 1 is 0.469 bits per heavy atom. The largest absolute Gasteiger partial charge is 0.379 e. The molecule has 192 valence electrons. The lowest BCUT2D eigenvalue weighted by Gasteiger charge is -2.28. The number of ether oxygens (including phenoxy) is 4. The van der Waals surface area contributed by atoms with Crippen LogP contribution >= 0.6 is 0 Å². The Morgan fingerprint density at radius 3 is 1.31 bits per heavy atom. The molecule has 0 saturated heterocycles. The fraction of sp³-hybridized carbons (Fsp3) is 0.963. The molecule has 5 nitrogen and oxygen atoms in total. The Labute approximate surface area is 199 Å². The molecule has 0 bridgehead atoms. The number of unbranched alkanes of at least 4 members (excludes halogenated alkanes) is 8. The van der Waals surface area contributed by atoms with Gasteiger partial charge in [0.2, 0.25) is 0 Å². The van der Waals surface area contributed by atoms with E-state index in [4.69, 9.17) is 18.9 Å². The van der Waals surface area contributed by atoms with Gasteiger partial charge >= 0.3 is 0 Å². The van der Waals surface area contributed by atoms with Crippen LogP contribution < -0.4 is 0 Å². The zero-order valence-corrected chi connectivity index (χ0v) is 21.7. The SMILES string of the molecule is CCCCCCCCCC(C=O)(CCOCCOCCCC)CCOCCOCCCC. The number of hydrogen-bond donors (Lipinski definition) is 0. The highest BCUT2D eigenvalue weighted by atomic mass is 16.5. The second kappa shape index (κ2) is 25.1. The average molecular weight is 459 g/mol. The van der Waals surface area contributed by atoms with E-state index in [1.165, 1.54) is 44.8 Å². The molecule has 0 amide bonds.